The van der Waals surface area contributed by atoms with Crippen molar-refractivity contribution >= 4 is 35.0 Å². The molecule has 1 aromatic carbocycles. The highest BCUT2D eigenvalue weighted by atomic mass is 35.5. The number of nitrogen functional groups attached to an aromatic ring is 1. The molecule has 2 aromatic rings. The Labute approximate surface area is 176 Å². The van der Waals surface area contributed by atoms with Gasteiger partial charge in [0.05, 0.1) is 16.3 Å². The van der Waals surface area contributed by atoms with E-state index in [2.05, 4.69) is 0 Å². The molecule has 0 saturated heterocycles. The summed E-state index contributed by atoms with van der Waals surface area (Å²) in [5.41, 5.74) is -7.16. The first-order valence-corrected chi connectivity index (χ1v) is 8.78. The SMILES string of the molecule is CC(=O)C(C)(C)OC(=O)c1cc(-n2c(=O)cc(C(F)(F)Cl)n(N)c2=O)c(F)cc1Cl. The van der Waals surface area contributed by atoms with Crippen LogP contribution in [-0.4, -0.2) is 26.6 Å². The number of nitrogens with two attached hydrogens (primary N) is 1. The van der Waals surface area contributed by atoms with Crippen LogP contribution in [0.4, 0.5) is 13.2 Å². The Balaban J connectivity index is 2.71. The maximum Gasteiger partial charge on any atom is 0.365 e. The van der Waals surface area contributed by atoms with E-state index in [0.29, 0.717) is 12.1 Å². The first kappa shape index (κ1) is 23.5. The van der Waals surface area contributed by atoms with Gasteiger partial charge in [-0.1, -0.05) is 11.6 Å². The predicted octanol–water partition coefficient (Wildman–Crippen LogP) is 2.32. The number of hydrogen-bond acceptors (Lipinski definition) is 6. The molecule has 0 radical (unpaired) electrons. The number of nitrogens with zero attached hydrogens (tertiary/aromatic N) is 2. The van der Waals surface area contributed by atoms with Gasteiger partial charge in [0.2, 0.25) is 0 Å². The number of benzene rings is 1. The van der Waals surface area contributed by atoms with Crippen molar-refractivity contribution in [3.8, 4) is 5.69 Å². The summed E-state index contributed by atoms with van der Waals surface area (Å²) in [6.07, 6.45) is 0. The highest BCUT2D eigenvalue weighted by Crippen LogP contribution is 2.30. The molecule has 0 unspecified atom stereocenters. The lowest BCUT2D eigenvalue weighted by atomic mass is 10.1. The second-order valence-electron chi connectivity index (χ2n) is 6.59. The number of aromatic nitrogens is 2. The summed E-state index contributed by atoms with van der Waals surface area (Å²) in [6.45, 7) is 3.77. The largest absolute Gasteiger partial charge is 0.448 e. The molecule has 0 aliphatic heterocycles. The van der Waals surface area contributed by atoms with E-state index in [1.165, 1.54) is 20.8 Å². The van der Waals surface area contributed by atoms with E-state index in [9.17, 15) is 32.3 Å². The van der Waals surface area contributed by atoms with Crippen LogP contribution in [0.3, 0.4) is 0 Å². The van der Waals surface area contributed by atoms with Crippen molar-refractivity contribution in [1.82, 2.24) is 9.24 Å². The number of carbonyl (C=O) groups excluding carboxylic acids is 2. The standard InChI is InChI=1S/C17H14Cl2F3N3O5/c1-7(26)16(2,3)30-14(28)8-4-11(10(20)5-9(8)18)24-13(27)6-12(17(19,21)22)25(23)15(24)29/h4-6H,23H2,1-3H3. The minimum atomic E-state index is -4.15. The fourth-order valence-electron chi connectivity index (χ4n) is 2.22. The predicted molar refractivity (Wildman–Crippen MR) is 101 cm³/mol. The zero-order valence-corrected chi connectivity index (χ0v) is 17.1. The summed E-state index contributed by atoms with van der Waals surface area (Å²) < 4.78 is 46.1. The third-order valence-corrected chi connectivity index (χ3v) is 4.63. The quantitative estimate of drug-likeness (QED) is 0.410. The minimum Gasteiger partial charge on any atom is -0.448 e. The molecule has 13 heteroatoms. The number of ketones is 1. The molecule has 2 rings (SSSR count). The molecule has 0 aliphatic rings. The molecule has 0 fully saturated rings. The zero-order chi connectivity index (χ0) is 23.2. The lowest BCUT2D eigenvalue weighted by Gasteiger charge is -2.22. The van der Waals surface area contributed by atoms with Crippen LogP contribution in [0, 0.1) is 5.82 Å². The Morgan fingerprint density at radius 1 is 1.17 bits per heavy atom. The number of Topliss-reactive ketones (excluding diaryl/α,β-unsaturated/α-hetero) is 1. The van der Waals surface area contributed by atoms with Crippen molar-refractivity contribution in [2.45, 2.75) is 31.8 Å². The molecular formula is C17H14Cl2F3N3O5. The van der Waals surface area contributed by atoms with Gasteiger partial charge in [0.15, 0.2) is 11.4 Å². The highest BCUT2D eigenvalue weighted by Gasteiger charge is 2.34. The summed E-state index contributed by atoms with van der Waals surface area (Å²) in [5.74, 6) is 2.36. The Hall–Kier alpha value is -2.79. The molecule has 162 valence electrons. The van der Waals surface area contributed by atoms with E-state index >= 15 is 0 Å². The molecule has 0 spiro atoms. The van der Waals surface area contributed by atoms with E-state index in [1.807, 2.05) is 0 Å². The van der Waals surface area contributed by atoms with Crippen LogP contribution < -0.4 is 17.1 Å². The van der Waals surface area contributed by atoms with Crippen LogP contribution >= 0.6 is 23.2 Å². The first-order chi connectivity index (χ1) is 13.6. The van der Waals surface area contributed by atoms with E-state index in [4.69, 9.17) is 33.8 Å². The third-order valence-electron chi connectivity index (χ3n) is 4.12. The van der Waals surface area contributed by atoms with E-state index in [1.54, 1.807) is 0 Å². The number of rotatable bonds is 5. The molecule has 30 heavy (non-hydrogen) atoms. The molecular weight excluding hydrogens is 454 g/mol. The van der Waals surface area contributed by atoms with E-state index < -0.39 is 61.8 Å². The maximum atomic E-state index is 14.5. The average molecular weight is 468 g/mol. The second-order valence-corrected chi connectivity index (χ2v) is 7.47. The Morgan fingerprint density at radius 3 is 2.23 bits per heavy atom. The number of ether oxygens (including phenoxy) is 1. The van der Waals surface area contributed by atoms with Crippen molar-refractivity contribution in [3.05, 3.63) is 61.1 Å². The van der Waals surface area contributed by atoms with Crippen LogP contribution in [0.15, 0.2) is 27.8 Å². The summed E-state index contributed by atoms with van der Waals surface area (Å²) in [6, 6.07) is 1.53. The fourth-order valence-corrected chi connectivity index (χ4v) is 2.59. The third kappa shape index (κ3) is 4.36. The molecule has 1 aromatic heterocycles. The number of carbonyl (C=O) groups is 2. The van der Waals surface area contributed by atoms with Crippen molar-refractivity contribution in [1.29, 1.82) is 0 Å². The molecule has 0 bridgehead atoms. The molecule has 0 aliphatic carbocycles. The van der Waals surface area contributed by atoms with Crippen molar-refractivity contribution in [2.75, 3.05) is 5.84 Å². The van der Waals surface area contributed by atoms with Gasteiger partial charge in [0.1, 0.15) is 11.5 Å². The summed E-state index contributed by atoms with van der Waals surface area (Å²) in [4.78, 5) is 48.5. The minimum absolute atomic E-state index is 0.102. The van der Waals surface area contributed by atoms with Gasteiger partial charge in [-0.3, -0.25) is 9.59 Å². The second kappa shape index (κ2) is 7.80. The smallest absolute Gasteiger partial charge is 0.365 e. The lowest BCUT2D eigenvalue weighted by molar-refractivity contribution is -0.132. The van der Waals surface area contributed by atoms with Crippen LogP contribution in [0.2, 0.25) is 5.02 Å². The number of halogens is 5. The molecule has 1 heterocycles. The molecule has 0 saturated carbocycles. The Kier molecular flexibility index (Phi) is 6.11. The maximum absolute atomic E-state index is 14.5. The van der Waals surface area contributed by atoms with E-state index in [0.717, 1.165) is 0 Å². The Morgan fingerprint density at radius 2 is 1.73 bits per heavy atom. The van der Waals surface area contributed by atoms with Gasteiger partial charge >= 0.3 is 17.0 Å². The van der Waals surface area contributed by atoms with Crippen molar-refractivity contribution in [3.63, 3.8) is 0 Å². The number of hydrogen-bond donors (Lipinski definition) is 1. The topological polar surface area (TPSA) is 113 Å². The Bertz CT molecular complexity index is 1170. The van der Waals surface area contributed by atoms with Crippen LogP contribution in [-0.2, 0) is 14.9 Å². The number of alkyl halides is 3. The molecule has 0 amide bonds. The van der Waals surface area contributed by atoms with Crippen molar-refractivity contribution < 1.29 is 27.5 Å². The van der Waals surface area contributed by atoms with Gasteiger partial charge in [0.25, 0.3) is 5.56 Å². The van der Waals surface area contributed by atoms with Gasteiger partial charge < -0.3 is 10.6 Å². The highest BCUT2D eigenvalue weighted by molar-refractivity contribution is 6.33. The van der Waals surface area contributed by atoms with Gasteiger partial charge in [-0.15, -0.1) is 0 Å². The van der Waals surface area contributed by atoms with Gasteiger partial charge in [-0.05, 0) is 44.5 Å². The normalized spacial score (nSPS) is 12.0. The summed E-state index contributed by atoms with van der Waals surface area (Å²) in [7, 11) is 0. The zero-order valence-electron chi connectivity index (χ0n) is 15.6. The van der Waals surface area contributed by atoms with E-state index in [-0.39, 0.29) is 15.3 Å². The molecule has 2 N–H and O–H groups in total. The summed E-state index contributed by atoms with van der Waals surface area (Å²) >= 11 is 10.7. The average Bonchev–Trinajstić information content (AvgIpc) is 2.58. The van der Waals surface area contributed by atoms with Crippen LogP contribution in [0.5, 0.6) is 0 Å². The lowest BCUT2D eigenvalue weighted by Crippen LogP contribution is -2.45. The van der Waals surface area contributed by atoms with Gasteiger partial charge in [-0.25, -0.2) is 23.2 Å². The summed E-state index contributed by atoms with van der Waals surface area (Å²) in [5, 5.41) is -4.61. The van der Waals surface area contributed by atoms with Crippen LogP contribution in [0.25, 0.3) is 5.69 Å². The monoisotopic (exact) mass is 467 g/mol. The fraction of sp³-hybridized carbons (Fsp3) is 0.294. The first-order valence-electron chi connectivity index (χ1n) is 8.03. The molecule has 8 nitrogen and oxygen atoms in total. The van der Waals surface area contributed by atoms with Crippen molar-refractivity contribution in [2.24, 2.45) is 0 Å². The van der Waals surface area contributed by atoms with Gasteiger partial charge in [0, 0.05) is 6.07 Å². The number of esters is 1. The van der Waals surface area contributed by atoms with Crippen LogP contribution in [0.1, 0.15) is 36.8 Å². The van der Waals surface area contributed by atoms with Gasteiger partial charge in [-0.2, -0.15) is 8.78 Å². The molecule has 0 atom stereocenters.